The fourth-order valence-corrected chi connectivity index (χ4v) is 3.79. The van der Waals surface area contributed by atoms with Gasteiger partial charge in [-0.15, -0.1) is 6.54 Å². The van der Waals surface area contributed by atoms with E-state index in [1.54, 1.807) is 43.0 Å². The normalized spacial score (nSPS) is 11.5. The Morgan fingerprint density at radius 3 is 2.43 bits per heavy atom. The number of rotatable bonds is 10. The van der Waals surface area contributed by atoms with E-state index in [1.807, 2.05) is 6.92 Å². The van der Waals surface area contributed by atoms with Crippen LogP contribution in [0.2, 0.25) is 0 Å². The molecule has 2 amide bonds. The first-order chi connectivity index (χ1) is 17.0. The van der Waals surface area contributed by atoms with Gasteiger partial charge in [0.15, 0.2) is 0 Å². The van der Waals surface area contributed by atoms with Crippen molar-refractivity contribution in [1.29, 1.82) is 0 Å². The Labute approximate surface area is 226 Å². The number of benzene rings is 2. The number of carboxylic acids is 1. The van der Waals surface area contributed by atoms with Crippen molar-refractivity contribution < 1.29 is 42.7 Å². The molecule has 0 fully saturated rings. The number of halogens is 1. The Balaban J connectivity index is 0.00000481. The van der Waals surface area contributed by atoms with Crippen LogP contribution >= 0.6 is 0 Å². The number of aryl methyl sites for hydroxylation is 2. The van der Waals surface area contributed by atoms with Crippen LogP contribution in [0.3, 0.4) is 0 Å². The molecule has 0 bridgehead atoms. The molecule has 0 spiro atoms. The SMILES string of the molecule is Cc1cc(C[N-]C(=O)c2cc(CN(CC(N)=O)[C@@H](C)c3ccc(C(=O)O)c(C)c3)ncn2)ccc1F.[Li+]. The number of aromatic carboxylic acids is 1. The summed E-state index contributed by atoms with van der Waals surface area (Å²) >= 11 is 0. The quantitative estimate of drug-likeness (QED) is 0.391. The maximum atomic E-state index is 13.5. The summed E-state index contributed by atoms with van der Waals surface area (Å²) in [5, 5.41) is 13.3. The van der Waals surface area contributed by atoms with Crippen molar-refractivity contribution in [3.8, 4) is 0 Å². The molecule has 0 aliphatic rings. The van der Waals surface area contributed by atoms with Crippen LogP contribution in [-0.2, 0) is 17.9 Å². The summed E-state index contributed by atoms with van der Waals surface area (Å²) in [7, 11) is 0. The van der Waals surface area contributed by atoms with Crippen LogP contribution in [-0.4, -0.2) is 44.3 Å². The molecule has 0 saturated heterocycles. The maximum Gasteiger partial charge on any atom is 1.00 e. The van der Waals surface area contributed by atoms with Crippen molar-refractivity contribution in [3.05, 3.63) is 99.1 Å². The van der Waals surface area contributed by atoms with Gasteiger partial charge in [0.2, 0.25) is 5.91 Å². The predicted molar refractivity (Wildman–Crippen MR) is 131 cm³/mol. The fraction of sp³-hybridized carbons (Fsp3) is 0.269. The van der Waals surface area contributed by atoms with E-state index in [2.05, 4.69) is 15.3 Å². The van der Waals surface area contributed by atoms with Gasteiger partial charge < -0.3 is 21.0 Å². The average Bonchev–Trinajstić information content (AvgIpc) is 2.83. The van der Waals surface area contributed by atoms with E-state index in [0.717, 1.165) is 5.56 Å². The fourth-order valence-electron chi connectivity index (χ4n) is 3.79. The first-order valence-electron chi connectivity index (χ1n) is 11.2. The molecule has 11 heteroatoms. The third kappa shape index (κ3) is 7.95. The largest absolute Gasteiger partial charge is 1.00 e. The first kappa shape index (κ1) is 29.6. The molecule has 0 radical (unpaired) electrons. The second kappa shape index (κ2) is 13.1. The maximum absolute atomic E-state index is 13.5. The number of carbonyl (C=O) groups is 3. The molecule has 1 heterocycles. The monoisotopic (exact) mass is 499 g/mol. The van der Waals surface area contributed by atoms with Gasteiger partial charge in [-0.3, -0.25) is 9.69 Å². The Bertz CT molecular complexity index is 1300. The van der Waals surface area contributed by atoms with Crippen LogP contribution < -0.4 is 24.6 Å². The minimum atomic E-state index is -1.01. The molecule has 2 aromatic carbocycles. The molecule has 0 saturated carbocycles. The number of carbonyl (C=O) groups excluding carboxylic acids is 2. The van der Waals surface area contributed by atoms with E-state index in [1.165, 1.54) is 24.5 Å². The smallest absolute Gasteiger partial charge is 0.644 e. The van der Waals surface area contributed by atoms with Crippen LogP contribution in [0.5, 0.6) is 0 Å². The van der Waals surface area contributed by atoms with Gasteiger partial charge in [0, 0.05) is 12.6 Å². The molecule has 37 heavy (non-hydrogen) atoms. The summed E-state index contributed by atoms with van der Waals surface area (Å²) in [4.78, 5) is 45.7. The van der Waals surface area contributed by atoms with Gasteiger partial charge in [-0.05, 0) is 55.7 Å². The zero-order chi connectivity index (χ0) is 26.4. The van der Waals surface area contributed by atoms with Gasteiger partial charge >= 0.3 is 24.8 Å². The summed E-state index contributed by atoms with van der Waals surface area (Å²) in [6.45, 7) is 5.39. The van der Waals surface area contributed by atoms with Crippen molar-refractivity contribution in [2.24, 2.45) is 5.73 Å². The molecular weight excluding hydrogens is 472 g/mol. The van der Waals surface area contributed by atoms with E-state index in [9.17, 15) is 23.9 Å². The van der Waals surface area contributed by atoms with E-state index >= 15 is 0 Å². The number of aromatic nitrogens is 2. The van der Waals surface area contributed by atoms with Crippen LogP contribution in [0, 0.1) is 19.7 Å². The number of nitrogens with two attached hydrogens (primary N) is 1. The molecule has 3 aromatic rings. The first-order valence-corrected chi connectivity index (χ1v) is 11.2. The van der Waals surface area contributed by atoms with Gasteiger partial charge in [-0.2, -0.15) is 0 Å². The number of hydrogen-bond donors (Lipinski definition) is 2. The Morgan fingerprint density at radius 1 is 1.08 bits per heavy atom. The summed E-state index contributed by atoms with van der Waals surface area (Å²) in [5.41, 5.74) is 8.80. The molecular formula is C26H27FLiN5O4. The Kier molecular flexibility index (Phi) is 10.5. The standard InChI is InChI=1S/C26H28FN5O4.Li/c1-15-9-19(5-6-21(15)26(35)36)17(3)32(13-24(28)33)12-20-10-23(31-14-30-20)25(34)29-11-18-4-7-22(27)16(2)8-18;/h4-10,14,17H,11-13H2,1-3H3,(H4,28,29,33,34,35,36);/q;+1/p-1/t17-;/m0./s1. The van der Waals surface area contributed by atoms with E-state index < -0.39 is 17.8 Å². The number of primary amides is 1. The molecule has 1 atom stereocenters. The Hall–Kier alpha value is -3.58. The van der Waals surface area contributed by atoms with Gasteiger partial charge in [-0.1, -0.05) is 29.8 Å². The van der Waals surface area contributed by atoms with Crippen molar-refractivity contribution in [2.45, 2.75) is 39.9 Å². The van der Waals surface area contributed by atoms with Crippen LogP contribution in [0.25, 0.3) is 5.32 Å². The van der Waals surface area contributed by atoms with Gasteiger partial charge in [-0.25, -0.2) is 19.2 Å². The molecule has 0 aliphatic carbocycles. The predicted octanol–water partition coefficient (Wildman–Crippen LogP) is 0.697. The topological polar surface area (TPSA) is 141 Å². The molecule has 3 rings (SSSR count). The Morgan fingerprint density at radius 2 is 1.81 bits per heavy atom. The van der Waals surface area contributed by atoms with E-state index in [0.29, 0.717) is 22.4 Å². The van der Waals surface area contributed by atoms with Crippen molar-refractivity contribution in [2.75, 3.05) is 6.54 Å². The van der Waals surface area contributed by atoms with Gasteiger partial charge in [0.05, 0.1) is 23.5 Å². The van der Waals surface area contributed by atoms with E-state index in [4.69, 9.17) is 5.73 Å². The van der Waals surface area contributed by atoms with Crippen molar-refractivity contribution in [1.82, 2.24) is 14.9 Å². The third-order valence-electron chi connectivity index (χ3n) is 5.81. The molecule has 1 aromatic heterocycles. The number of hydrogen-bond acceptors (Lipinski definition) is 6. The summed E-state index contributed by atoms with van der Waals surface area (Å²) in [6.07, 6.45) is 1.25. The van der Waals surface area contributed by atoms with Crippen LogP contribution in [0.15, 0.2) is 48.8 Å². The number of carboxylic acid groups (broad SMARTS) is 1. The van der Waals surface area contributed by atoms with Gasteiger partial charge in [0.25, 0.3) is 0 Å². The zero-order valence-electron chi connectivity index (χ0n) is 21.2. The third-order valence-corrected chi connectivity index (χ3v) is 5.81. The van der Waals surface area contributed by atoms with Crippen molar-refractivity contribution in [3.63, 3.8) is 0 Å². The van der Waals surface area contributed by atoms with Gasteiger partial charge in [0.1, 0.15) is 18.1 Å². The van der Waals surface area contributed by atoms with Crippen molar-refractivity contribution >= 4 is 17.8 Å². The van der Waals surface area contributed by atoms with Crippen LogP contribution in [0.1, 0.15) is 61.8 Å². The summed E-state index contributed by atoms with van der Waals surface area (Å²) in [6, 6.07) is 10.7. The number of nitrogens with zero attached hydrogens (tertiary/aromatic N) is 4. The summed E-state index contributed by atoms with van der Waals surface area (Å²) < 4.78 is 13.5. The minimum absolute atomic E-state index is 0. The minimum Gasteiger partial charge on any atom is -0.644 e. The second-order valence-corrected chi connectivity index (χ2v) is 8.53. The second-order valence-electron chi connectivity index (χ2n) is 8.53. The molecule has 188 valence electrons. The molecule has 0 aliphatic heterocycles. The molecule has 3 N–H and O–H groups in total. The summed E-state index contributed by atoms with van der Waals surface area (Å²) in [5.74, 6) is -2.43. The zero-order valence-corrected chi connectivity index (χ0v) is 21.2. The molecule has 0 unspecified atom stereocenters. The van der Waals surface area contributed by atoms with Crippen LogP contribution in [0.4, 0.5) is 4.39 Å². The average molecular weight is 499 g/mol. The number of amides is 2. The molecule has 9 nitrogen and oxygen atoms in total. The van der Waals surface area contributed by atoms with E-state index in [-0.39, 0.29) is 61.6 Å².